The molecule has 0 aliphatic rings. The van der Waals surface area contributed by atoms with Crippen LogP contribution in [0, 0.1) is 25.2 Å². The zero-order valence-corrected chi connectivity index (χ0v) is 14.4. The van der Waals surface area contributed by atoms with Crippen LogP contribution in [-0.2, 0) is 0 Å². The second kappa shape index (κ2) is 6.34. The molecule has 0 bridgehead atoms. The minimum atomic E-state index is -0.406. The van der Waals surface area contributed by atoms with Gasteiger partial charge < -0.3 is 9.73 Å². The van der Waals surface area contributed by atoms with Crippen molar-refractivity contribution in [3.05, 3.63) is 53.4 Å². The molecule has 0 aliphatic carbocycles. The quantitative estimate of drug-likeness (QED) is 0.574. The van der Waals surface area contributed by atoms with E-state index in [9.17, 15) is 4.79 Å². The van der Waals surface area contributed by atoms with Gasteiger partial charge in [-0.15, -0.1) is 0 Å². The first-order valence-electron chi connectivity index (χ1n) is 7.99. The Morgan fingerprint density at radius 2 is 2.07 bits per heavy atom. The summed E-state index contributed by atoms with van der Waals surface area (Å²) in [6.45, 7) is 3.54. The highest BCUT2D eigenvalue weighted by Crippen LogP contribution is 2.27. The lowest BCUT2D eigenvalue weighted by Crippen LogP contribution is -2.17. The Morgan fingerprint density at radius 3 is 2.81 bits per heavy atom. The number of aromatic amines is 1. The number of pyridine rings is 2. The lowest BCUT2D eigenvalue weighted by Gasteiger charge is -2.09. The van der Waals surface area contributed by atoms with E-state index in [0.717, 1.165) is 10.9 Å². The number of aromatic nitrogens is 5. The first kappa shape index (κ1) is 16.4. The number of rotatable bonds is 3. The highest BCUT2D eigenvalue weighted by atomic mass is 16.3. The van der Waals surface area contributed by atoms with E-state index in [1.807, 2.05) is 0 Å². The van der Waals surface area contributed by atoms with Crippen molar-refractivity contribution in [2.75, 3.05) is 5.32 Å². The van der Waals surface area contributed by atoms with Crippen molar-refractivity contribution in [3.63, 3.8) is 0 Å². The molecule has 27 heavy (non-hydrogen) atoms. The molecule has 9 nitrogen and oxygen atoms in total. The lowest BCUT2D eigenvalue weighted by atomic mass is 10.0. The largest absolute Gasteiger partial charge is 0.442 e. The summed E-state index contributed by atoms with van der Waals surface area (Å²) in [5.41, 5.74) is 3.34. The summed E-state index contributed by atoms with van der Waals surface area (Å²) in [6.07, 6.45) is 5.84. The van der Waals surface area contributed by atoms with Crippen molar-refractivity contribution in [2.45, 2.75) is 13.8 Å². The minimum absolute atomic E-state index is 0.246. The van der Waals surface area contributed by atoms with Gasteiger partial charge in [-0.05, 0) is 31.0 Å². The minimum Gasteiger partial charge on any atom is -0.442 e. The van der Waals surface area contributed by atoms with Gasteiger partial charge >= 0.3 is 0 Å². The average molecular weight is 359 g/mol. The van der Waals surface area contributed by atoms with Crippen LogP contribution >= 0.6 is 0 Å². The molecule has 0 aromatic carbocycles. The van der Waals surface area contributed by atoms with E-state index in [0.29, 0.717) is 33.9 Å². The molecule has 0 atom stereocenters. The molecule has 1 amide bonds. The van der Waals surface area contributed by atoms with Crippen LogP contribution in [0.1, 0.15) is 27.2 Å². The van der Waals surface area contributed by atoms with E-state index < -0.39 is 5.91 Å². The fourth-order valence-corrected chi connectivity index (χ4v) is 2.73. The number of amides is 1. The van der Waals surface area contributed by atoms with Crippen LogP contribution < -0.4 is 5.32 Å². The Morgan fingerprint density at radius 1 is 1.22 bits per heavy atom. The monoisotopic (exact) mass is 359 g/mol. The van der Waals surface area contributed by atoms with E-state index in [1.165, 1.54) is 12.6 Å². The third kappa shape index (κ3) is 2.79. The predicted molar refractivity (Wildman–Crippen MR) is 95.8 cm³/mol. The van der Waals surface area contributed by atoms with Crippen LogP contribution in [0.15, 0.2) is 35.5 Å². The van der Waals surface area contributed by atoms with Gasteiger partial charge in [0.05, 0.1) is 23.5 Å². The molecule has 0 saturated heterocycles. The summed E-state index contributed by atoms with van der Waals surface area (Å²) in [6, 6.07) is 3.75. The SMILES string of the molecule is Cc1c(C#N)cnc(C(=O)Nc2cc3c(-c4cnco4)n[nH]c3cn2)c1C. The van der Waals surface area contributed by atoms with Crippen molar-refractivity contribution < 1.29 is 9.21 Å². The Labute approximate surface area is 153 Å². The highest BCUT2D eigenvalue weighted by Gasteiger charge is 2.17. The van der Waals surface area contributed by atoms with Gasteiger partial charge in [-0.1, -0.05) is 0 Å². The molecule has 0 unspecified atom stereocenters. The van der Waals surface area contributed by atoms with Crippen LogP contribution in [0.3, 0.4) is 0 Å². The summed E-state index contributed by atoms with van der Waals surface area (Å²) in [5, 5.41) is 19.6. The van der Waals surface area contributed by atoms with Crippen molar-refractivity contribution in [2.24, 2.45) is 0 Å². The number of hydrogen-bond donors (Lipinski definition) is 2. The third-order valence-corrected chi connectivity index (χ3v) is 4.33. The number of oxazole rings is 1. The van der Waals surface area contributed by atoms with Crippen molar-refractivity contribution in [1.82, 2.24) is 25.1 Å². The van der Waals surface area contributed by atoms with E-state index >= 15 is 0 Å². The Kier molecular flexibility index (Phi) is 3.86. The maximum Gasteiger partial charge on any atom is 0.275 e. The Bertz CT molecular complexity index is 1200. The van der Waals surface area contributed by atoms with Crippen LogP contribution in [-0.4, -0.2) is 31.1 Å². The van der Waals surface area contributed by atoms with E-state index in [-0.39, 0.29) is 5.69 Å². The molecule has 0 fully saturated rings. The van der Waals surface area contributed by atoms with Gasteiger partial charge in [-0.2, -0.15) is 10.4 Å². The summed E-state index contributed by atoms with van der Waals surface area (Å²) >= 11 is 0. The summed E-state index contributed by atoms with van der Waals surface area (Å²) in [5.74, 6) is 0.444. The van der Waals surface area contributed by atoms with Crippen molar-refractivity contribution >= 4 is 22.6 Å². The number of carbonyl (C=O) groups excluding carboxylic acids is 1. The number of nitriles is 1. The normalized spacial score (nSPS) is 10.7. The van der Waals surface area contributed by atoms with Gasteiger partial charge in [-0.25, -0.2) is 15.0 Å². The van der Waals surface area contributed by atoms with Gasteiger partial charge in [0.1, 0.15) is 23.3 Å². The molecule has 4 aromatic heterocycles. The maximum absolute atomic E-state index is 12.6. The predicted octanol–water partition coefficient (Wildman–Crippen LogP) is 2.75. The molecule has 4 rings (SSSR count). The standard InChI is InChI=1S/C18H13N7O2/c1-9-10(2)16(22-5-11(9)4-19)18(26)23-15-3-12-13(6-21-15)24-25-17(12)14-7-20-8-27-14/h3,5-8H,1-2H3,(H,24,25)(H,21,23,26). The second-order valence-electron chi connectivity index (χ2n) is 5.89. The van der Waals surface area contributed by atoms with Crippen molar-refractivity contribution in [3.8, 4) is 17.5 Å². The zero-order chi connectivity index (χ0) is 19.0. The van der Waals surface area contributed by atoms with Gasteiger partial charge in [0.15, 0.2) is 12.2 Å². The molecule has 0 saturated carbocycles. The number of nitrogens with one attached hydrogen (secondary N) is 2. The van der Waals surface area contributed by atoms with Gasteiger partial charge in [-0.3, -0.25) is 9.89 Å². The fourth-order valence-electron chi connectivity index (χ4n) is 2.73. The average Bonchev–Trinajstić information content (AvgIpc) is 3.32. The topological polar surface area (TPSA) is 133 Å². The molecule has 2 N–H and O–H groups in total. The van der Waals surface area contributed by atoms with Gasteiger partial charge in [0, 0.05) is 11.6 Å². The fraction of sp³-hybridized carbons (Fsp3) is 0.111. The van der Waals surface area contributed by atoms with E-state index in [1.54, 1.807) is 32.3 Å². The van der Waals surface area contributed by atoms with Gasteiger partial charge in [0.2, 0.25) is 0 Å². The second-order valence-corrected chi connectivity index (χ2v) is 5.89. The highest BCUT2D eigenvalue weighted by molar-refractivity contribution is 6.04. The number of hydrogen-bond acceptors (Lipinski definition) is 7. The van der Waals surface area contributed by atoms with E-state index in [2.05, 4.69) is 36.5 Å². The van der Waals surface area contributed by atoms with Crippen LogP contribution in [0.25, 0.3) is 22.4 Å². The first-order valence-corrected chi connectivity index (χ1v) is 7.99. The number of H-pyrrole nitrogens is 1. The smallest absolute Gasteiger partial charge is 0.275 e. The molecule has 9 heteroatoms. The van der Waals surface area contributed by atoms with Crippen LogP contribution in [0.5, 0.6) is 0 Å². The summed E-state index contributed by atoms with van der Waals surface area (Å²) in [4.78, 5) is 24.9. The molecule has 4 heterocycles. The first-order chi connectivity index (χ1) is 13.1. The van der Waals surface area contributed by atoms with E-state index in [4.69, 9.17) is 9.68 Å². The summed E-state index contributed by atoms with van der Waals surface area (Å²) in [7, 11) is 0. The molecule has 0 aliphatic heterocycles. The molecule has 0 radical (unpaired) electrons. The zero-order valence-electron chi connectivity index (χ0n) is 14.4. The molecule has 4 aromatic rings. The lowest BCUT2D eigenvalue weighted by molar-refractivity contribution is 0.102. The van der Waals surface area contributed by atoms with Crippen molar-refractivity contribution in [1.29, 1.82) is 5.26 Å². The third-order valence-electron chi connectivity index (χ3n) is 4.33. The molecule has 0 spiro atoms. The van der Waals surface area contributed by atoms with Crippen LogP contribution in [0.2, 0.25) is 0 Å². The maximum atomic E-state index is 12.6. The number of anilines is 1. The number of fused-ring (bicyclic) bond motifs is 1. The summed E-state index contributed by atoms with van der Waals surface area (Å²) < 4.78 is 5.29. The Balaban J connectivity index is 1.68. The molecular weight excluding hydrogens is 346 g/mol. The number of nitrogens with zero attached hydrogens (tertiary/aromatic N) is 5. The number of carbonyl (C=O) groups is 1. The molecule has 132 valence electrons. The van der Waals surface area contributed by atoms with Crippen LogP contribution in [0.4, 0.5) is 5.82 Å². The Hall–Kier alpha value is -4.06. The molecular formula is C18H13N7O2. The van der Waals surface area contributed by atoms with Gasteiger partial charge in [0.25, 0.3) is 5.91 Å².